The number of benzene rings is 1. The fourth-order valence-electron chi connectivity index (χ4n) is 2.11. The van der Waals surface area contributed by atoms with E-state index in [1.54, 1.807) is 0 Å². The number of hydrogen-bond acceptors (Lipinski definition) is 0. The van der Waals surface area contributed by atoms with E-state index in [0.29, 0.717) is 0 Å². The summed E-state index contributed by atoms with van der Waals surface area (Å²) in [6, 6.07) is 10.8. The van der Waals surface area contributed by atoms with Crippen LogP contribution in [0.5, 0.6) is 0 Å². The molecule has 0 aromatic heterocycles. The fraction of sp³-hybridized carbons (Fsp3) is 0.625. The first-order valence-corrected chi connectivity index (χ1v) is 6.97. The summed E-state index contributed by atoms with van der Waals surface area (Å²) in [5, 5.41) is 0. The third-order valence-corrected chi connectivity index (χ3v) is 3.16. The van der Waals surface area contributed by atoms with Gasteiger partial charge in [-0.25, -0.2) is 0 Å². The zero-order valence-electron chi connectivity index (χ0n) is 10.8. The Morgan fingerprint density at radius 2 is 1.24 bits per heavy atom. The second-order valence-corrected chi connectivity index (χ2v) is 4.71. The van der Waals surface area contributed by atoms with Gasteiger partial charge in [0.05, 0.1) is 0 Å². The Bertz CT molecular complexity index is 243. The molecule has 0 N–H and O–H groups in total. The average Bonchev–Trinajstić information content (AvgIpc) is 2.34. The summed E-state index contributed by atoms with van der Waals surface area (Å²) in [7, 11) is 0. The molecule has 0 heterocycles. The van der Waals surface area contributed by atoms with Gasteiger partial charge in [-0.1, -0.05) is 82.2 Å². The molecule has 17 heavy (non-hydrogen) atoms. The predicted octanol–water partition coefficient (Wildman–Crippen LogP) is 4.45. The van der Waals surface area contributed by atoms with E-state index in [2.05, 4.69) is 37.3 Å². The number of aryl methyl sites for hydroxylation is 1. The molecule has 94 valence electrons. The Morgan fingerprint density at radius 3 is 1.82 bits per heavy atom. The quantitative estimate of drug-likeness (QED) is 0.454. The Balaban J connectivity index is 0.00000256. The number of unbranched alkanes of at least 4 members (excludes halogenated alkanes) is 7. The van der Waals surface area contributed by atoms with Gasteiger partial charge in [-0.2, -0.15) is 0 Å². The number of rotatable bonds is 9. The summed E-state index contributed by atoms with van der Waals surface area (Å²) in [6.45, 7) is 2.28. The molecule has 0 aliphatic carbocycles. The minimum absolute atomic E-state index is 0. The summed E-state index contributed by atoms with van der Waals surface area (Å²) in [5.41, 5.74) is 1.49. The molecular weight excluding hydrogens is 232 g/mol. The maximum atomic E-state index is 2.28. The fourth-order valence-corrected chi connectivity index (χ4v) is 2.11. The topological polar surface area (TPSA) is 0 Å². The molecule has 0 amide bonds. The van der Waals surface area contributed by atoms with Gasteiger partial charge in [0.1, 0.15) is 0 Å². The molecular formula is C16H28Ca. The van der Waals surface area contributed by atoms with Gasteiger partial charge in [0, 0.05) is 0 Å². The van der Waals surface area contributed by atoms with Gasteiger partial charge in [0.15, 0.2) is 0 Å². The molecule has 1 rings (SSSR count). The first-order chi connectivity index (χ1) is 7.93. The van der Waals surface area contributed by atoms with Gasteiger partial charge >= 0.3 is 37.7 Å². The summed E-state index contributed by atoms with van der Waals surface area (Å²) in [5.74, 6) is 0. The van der Waals surface area contributed by atoms with Crippen LogP contribution in [-0.4, -0.2) is 37.7 Å². The van der Waals surface area contributed by atoms with E-state index >= 15 is 0 Å². The molecule has 0 aliphatic rings. The average molecular weight is 260 g/mol. The molecule has 0 atom stereocenters. The van der Waals surface area contributed by atoms with Crippen molar-refractivity contribution in [1.29, 1.82) is 0 Å². The second kappa shape index (κ2) is 12.9. The van der Waals surface area contributed by atoms with Crippen LogP contribution in [0.4, 0.5) is 0 Å². The maximum absolute atomic E-state index is 2.28. The van der Waals surface area contributed by atoms with Gasteiger partial charge in [-0.15, -0.1) is 0 Å². The molecule has 0 saturated carbocycles. The summed E-state index contributed by atoms with van der Waals surface area (Å²) >= 11 is 0. The van der Waals surface area contributed by atoms with E-state index in [1.807, 2.05) is 0 Å². The second-order valence-electron chi connectivity index (χ2n) is 4.71. The summed E-state index contributed by atoms with van der Waals surface area (Å²) in [4.78, 5) is 0. The molecule has 0 nitrogen and oxygen atoms in total. The molecule has 0 radical (unpaired) electrons. The van der Waals surface area contributed by atoms with E-state index in [0.717, 1.165) is 0 Å². The van der Waals surface area contributed by atoms with Gasteiger partial charge in [-0.3, -0.25) is 0 Å². The van der Waals surface area contributed by atoms with E-state index in [9.17, 15) is 0 Å². The van der Waals surface area contributed by atoms with Gasteiger partial charge in [0.2, 0.25) is 0 Å². The zero-order chi connectivity index (χ0) is 11.5. The Hall–Kier alpha value is 0.480. The normalized spacial score (nSPS) is 9.94. The van der Waals surface area contributed by atoms with E-state index < -0.39 is 0 Å². The van der Waals surface area contributed by atoms with Crippen molar-refractivity contribution >= 4 is 37.7 Å². The Labute approximate surface area is 137 Å². The monoisotopic (exact) mass is 260 g/mol. The van der Waals surface area contributed by atoms with Crippen LogP contribution in [0.3, 0.4) is 0 Å². The van der Waals surface area contributed by atoms with Crippen LogP contribution in [0.15, 0.2) is 30.3 Å². The SMILES string of the molecule is CCCCCCCCCCc1ccccc1.[CaH2]. The van der Waals surface area contributed by atoms with Crippen molar-refractivity contribution in [2.75, 3.05) is 0 Å². The third kappa shape index (κ3) is 10.1. The third-order valence-electron chi connectivity index (χ3n) is 3.16. The van der Waals surface area contributed by atoms with Crippen molar-refractivity contribution < 1.29 is 0 Å². The first kappa shape index (κ1) is 17.5. The standard InChI is InChI=1S/C16H26.Ca.2H/c1-2-3-4-5-6-7-8-10-13-16-14-11-9-12-15-16;;;/h9,11-12,14-15H,2-8,10,13H2,1H3;;;. The molecule has 0 aliphatic heterocycles. The van der Waals surface area contributed by atoms with Gasteiger partial charge in [-0.05, 0) is 18.4 Å². The van der Waals surface area contributed by atoms with Crippen molar-refractivity contribution in [3.8, 4) is 0 Å². The van der Waals surface area contributed by atoms with Crippen LogP contribution in [0.2, 0.25) is 0 Å². The van der Waals surface area contributed by atoms with Crippen LogP contribution < -0.4 is 0 Å². The zero-order valence-corrected chi connectivity index (χ0v) is 10.8. The van der Waals surface area contributed by atoms with Crippen molar-refractivity contribution in [2.24, 2.45) is 0 Å². The van der Waals surface area contributed by atoms with Gasteiger partial charge in [0.25, 0.3) is 0 Å². The summed E-state index contributed by atoms with van der Waals surface area (Å²) in [6.07, 6.45) is 12.5. The van der Waals surface area contributed by atoms with Crippen LogP contribution in [-0.2, 0) is 6.42 Å². The minimum atomic E-state index is 0. The van der Waals surface area contributed by atoms with Gasteiger partial charge < -0.3 is 0 Å². The van der Waals surface area contributed by atoms with E-state index in [-0.39, 0.29) is 37.7 Å². The molecule has 1 heteroatoms. The van der Waals surface area contributed by atoms with E-state index in [1.165, 1.54) is 63.4 Å². The first-order valence-electron chi connectivity index (χ1n) is 6.97. The molecule has 0 unspecified atom stereocenters. The molecule has 0 fully saturated rings. The Morgan fingerprint density at radius 1 is 0.706 bits per heavy atom. The van der Waals surface area contributed by atoms with Crippen molar-refractivity contribution in [1.82, 2.24) is 0 Å². The van der Waals surface area contributed by atoms with Crippen molar-refractivity contribution in [3.63, 3.8) is 0 Å². The molecule has 0 bridgehead atoms. The van der Waals surface area contributed by atoms with Crippen molar-refractivity contribution in [2.45, 2.75) is 64.7 Å². The van der Waals surface area contributed by atoms with Crippen LogP contribution in [0.25, 0.3) is 0 Å². The molecule has 0 saturated heterocycles. The van der Waals surface area contributed by atoms with Crippen molar-refractivity contribution in [3.05, 3.63) is 35.9 Å². The number of hydrogen-bond donors (Lipinski definition) is 0. The van der Waals surface area contributed by atoms with Crippen LogP contribution in [0, 0.1) is 0 Å². The van der Waals surface area contributed by atoms with Crippen LogP contribution in [0.1, 0.15) is 63.9 Å². The molecule has 0 spiro atoms. The molecule has 1 aromatic rings. The Kier molecular flexibility index (Phi) is 13.3. The van der Waals surface area contributed by atoms with Crippen LogP contribution >= 0.6 is 0 Å². The molecule has 1 aromatic carbocycles. The van der Waals surface area contributed by atoms with E-state index in [4.69, 9.17) is 0 Å². The summed E-state index contributed by atoms with van der Waals surface area (Å²) < 4.78 is 0. The predicted molar refractivity (Wildman–Crippen MR) is 81.3 cm³/mol.